The van der Waals surface area contributed by atoms with Crippen LogP contribution in [0.4, 0.5) is 5.69 Å². The zero-order valence-electron chi connectivity index (χ0n) is 15.6. The molecule has 1 aromatic carbocycles. The fraction of sp³-hybridized carbons (Fsp3) is 0.600. The number of anilines is 1. The number of amides is 1. The van der Waals surface area contributed by atoms with E-state index in [1.807, 2.05) is 32.0 Å². The molecule has 2 aliphatic rings. The van der Waals surface area contributed by atoms with E-state index in [2.05, 4.69) is 15.5 Å². The van der Waals surface area contributed by atoms with Gasteiger partial charge in [0.05, 0.1) is 13.1 Å². The topological polar surface area (TPSA) is 81.7 Å². The molecule has 3 N–H and O–H groups in total. The Bertz CT molecular complexity index is 646. The van der Waals surface area contributed by atoms with Crippen LogP contribution >= 0.6 is 0 Å². The number of nitrogens with zero attached hydrogens (tertiary/aromatic N) is 1. The first-order chi connectivity index (χ1) is 12.4. The molecular weight excluding hydrogens is 330 g/mol. The van der Waals surface area contributed by atoms with Crippen molar-refractivity contribution in [3.63, 3.8) is 0 Å². The molecule has 1 amide bonds. The molecule has 142 valence electrons. The Morgan fingerprint density at radius 1 is 1.19 bits per heavy atom. The Morgan fingerprint density at radius 3 is 2.42 bits per heavy atom. The van der Waals surface area contributed by atoms with Gasteiger partial charge in [-0.3, -0.25) is 14.5 Å². The van der Waals surface area contributed by atoms with Crippen molar-refractivity contribution < 1.29 is 14.7 Å². The minimum atomic E-state index is -0.768. The van der Waals surface area contributed by atoms with Gasteiger partial charge in [0.1, 0.15) is 0 Å². The molecule has 2 saturated carbocycles. The summed E-state index contributed by atoms with van der Waals surface area (Å²) in [5.41, 5.74) is 3.28. The van der Waals surface area contributed by atoms with Crippen LogP contribution in [0, 0.1) is 19.8 Å². The normalized spacial score (nSPS) is 22.0. The number of carbonyl (C=O) groups excluding carboxylic acids is 1. The van der Waals surface area contributed by atoms with Crippen molar-refractivity contribution in [3.05, 3.63) is 29.3 Å². The van der Waals surface area contributed by atoms with Crippen LogP contribution in [0.2, 0.25) is 0 Å². The predicted molar refractivity (Wildman–Crippen MR) is 101 cm³/mol. The standard InChI is InChI=1S/C20H29N3O3/c1-13-4-3-5-14(2)20(13)21-10-18(24)22-16-8-17(9-16)23(12-19(25)26)11-15-6-7-15/h3-5,15-17,21H,6-12H2,1-2H3,(H,22,24)(H,25,26). The van der Waals surface area contributed by atoms with E-state index < -0.39 is 5.97 Å². The molecule has 3 rings (SSSR count). The number of aryl methyl sites for hydroxylation is 2. The predicted octanol–water partition coefficient (Wildman–Crippen LogP) is 2.16. The van der Waals surface area contributed by atoms with Crippen molar-refractivity contribution in [2.75, 3.05) is 25.0 Å². The molecule has 26 heavy (non-hydrogen) atoms. The number of rotatable bonds is 9. The summed E-state index contributed by atoms with van der Waals surface area (Å²) in [6.07, 6.45) is 4.12. The first-order valence-corrected chi connectivity index (χ1v) is 9.47. The fourth-order valence-corrected chi connectivity index (χ4v) is 3.69. The smallest absolute Gasteiger partial charge is 0.317 e. The lowest BCUT2D eigenvalue weighted by molar-refractivity contribution is -0.140. The zero-order valence-corrected chi connectivity index (χ0v) is 15.6. The van der Waals surface area contributed by atoms with Gasteiger partial charge in [-0.15, -0.1) is 0 Å². The number of para-hydroxylation sites is 1. The molecular formula is C20H29N3O3. The van der Waals surface area contributed by atoms with Crippen molar-refractivity contribution in [1.82, 2.24) is 10.2 Å². The third-order valence-electron chi connectivity index (χ3n) is 5.43. The molecule has 0 aromatic heterocycles. The summed E-state index contributed by atoms with van der Waals surface area (Å²) < 4.78 is 0. The lowest BCUT2D eigenvalue weighted by Gasteiger charge is -2.42. The summed E-state index contributed by atoms with van der Waals surface area (Å²) in [5.74, 6) is -0.108. The zero-order chi connectivity index (χ0) is 18.7. The highest BCUT2D eigenvalue weighted by Crippen LogP contribution is 2.33. The minimum Gasteiger partial charge on any atom is -0.480 e. The van der Waals surface area contributed by atoms with Crippen molar-refractivity contribution in [2.24, 2.45) is 5.92 Å². The summed E-state index contributed by atoms with van der Waals surface area (Å²) in [5, 5.41) is 15.4. The number of carbonyl (C=O) groups is 2. The van der Waals surface area contributed by atoms with Gasteiger partial charge in [0.2, 0.25) is 5.91 Å². The van der Waals surface area contributed by atoms with Gasteiger partial charge < -0.3 is 15.7 Å². The van der Waals surface area contributed by atoms with E-state index in [0.29, 0.717) is 5.92 Å². The van der Waals surface area contributed by atoms with Gasteiger partial charge in [-0.2, -0.15) is 0 Å². The Hall–Kier alpha value is -2.08. The summed E-state index contributed by atoms with van der Waals surface area (Å²) >= 11 is 0. The van der Waals surface area contributed by atoms with Gasteiger partial charge in [-0.25, -0.2) is 0 Å². The number of benzene rings is 1. The van der Waals surface area contributed by atoms with Gasteiger partial charge in [0.15, 0.2) is 0 Å². The Balaban J connectivity index is 1.41. The Kier molecular flexibility index (Phi) is 5.81. The van der Waals surface area contributed by atoms with E-state index in [9.17, 15) is 9.59 Å². The molecule has 2 fully saturated rings. The second-order valence-electron chi connectivity index (χ2n) is 7.78. The van der Waals surface area contributed by atoms with Crippen LogP contribution in [0.15, 0.2) is 18.2 Å². The molecule has 0 spiro atoms. The van der Waals surface area contributed by atoms with E-state index in [-0.39, 0.29) is 31.1 Å². The van der Waals surface area contributed by atoms with Crippen molar-refractivity contribution in [2.45, 2.75) is 51.6 Å². The summed E-state index contributed by atoms with van der Waals surface area (Å²) in [7, 11) is 0. The molecule has 0 bridgehead atoms. The summed E-state index contributed by atoms with van der Waals surface area (Å²) in [4.78, 5) is 25.4. The number of carboxylic acids is 1. The van der Waals surface area contributed by atoms with Crippen LogP contribution in [0.1, 0.15) is 36.8 Å². The van der Waals surface area contributed by atoms with Gasteiger partial charge in [-0.05, 0) is 56.6 Å². The number of hydrogen-bond acceptors (Lipinski definition) is 4. The largest absolute Gasteiger partial charge is 0.480 e. The maximum absolute atomic E-state index is 12.2. The maximum atomic E-state index is 12.2. The van der Waals surface area contributed by atoms with E-state index in [0.717, 1.165) is 36.2 Å². The van der Waals surface area contributed by atoms with Crippen LogP contribution in [0.5, 0.6) is 0 Å². The second kappa shape index (κ2) is 8.08. The summed E-state index contributed by atoms with van der Waals surface area (Å²) in [6.45, 7) is 5.30. The Morgan fingerprint density at radius 2 is 1.85 bits per heavy atom. The van der Waals surface area contributed by atoms with Crippen LogP contribution in [0.25, 0.3) is 0 Å². The van der Waals surface area contributed by atoms with E-state index in [1.54, 1.807) is 0 Å². The molecule has 6 heteroatoms. The van der Waals surface area contributed by atoms with Gasteiger partial charge in [0.25, 0.3) is 0 Å². The third kappa shape index (κ3) is 4.97. The van der Waals surface area contributed by atoms with E-state index in [1.165, 1.54) is 12.8 Å². The second-order valence-corrected chi connectivity index (χ2v) is 7.78. The molecule has 2 aliphatic carbocycles. The average molecular weight is 359 g/mol. The number of aliphatic carboxylic acids is 1. The molecule has 6 nitrogen and oxygen atoms in total. The van der Waals surface area contributed by atoms with E-state index >= 15 is 0 Å². The third-order valence-corrected chi connectivity index (χ3v) is 5.43. The average Bonchev–Trinajstić information content (AvgIpc) is 3.33. The quantitative estimate of drug-likeness (QED) is 0.629. The molecule has 0 atom stereocenters. The van der Waals surface area contributed by atoms with Crippen molar-refractivity contribution in [1.29, 1.82) is 0 Å². The lowest BCUT2D eigenvalue weighted by Crippen LogP contribution is -2.55. The highest BCUT2D eigenvalue weighted by atomic mass is 16.4. The molecule has 1 aromatic rings. The molecule has 0 saturated heterocycles. The van der Waals surface area contributed by atoms with Crippen LogP contribution < -0.4 is 10.6 Å². The number of hydrogen-bond donors (Lipinski definition) is 3. The van der Waals surface area contributed by atoms with Crippen molar-refractivity contribution in [3.8, 4) is 0 Å². The van der Waals surface area contributed by atoms with Crippen LogP contribution in [-0.4, -0.2) is 53.6 Å². The monoisotopic (exact) mass is 359 g/mol. The highest BCUT2D eigenvalue weighted by molar-refractivity contribution is 5.81. The maximum Gasteiger partial charge on any atom is 0.317 e. The van der Waals surface area contributed by atoms with Crippen LogP contribution in [0.3, 0.4) is 0 Å². The molecule has 0 aliphatic heterocycles. The highest BCUT2D eigenvalue weighted by Gasteiger charge is 2.37. The molecule has 0 heterocycles. The fourth-order valence-electron chi connectivity index (χ4n) is 3.69. The Labute approximate surface area is 155 Å². The van der Waals surface area contributed by atoms with Gasteiger partial charge in [0, 0.05) is 24.3 Å². The minimum absolute atomic E-state index is 0.0110. The molecule has 0 radical (unpaired) electrons. The first kappa shape index (κ1) is 18.7. The lowest BCUT2D eigenvalue weighted by atomic mass is 9.85. The number of carboxylic acid groups (broad SMARTS) is 1. The van der Waals surface area contributed by atoms with E-state index in [4.69, 9.17) is 5.11 Å². The SMILES string of the molecule is Cc1cccc(C)c1NCC(=O)NC1CC(N(CC(=O)O)CC2CC2)C1. The summed E-state index contributed by atoms with van der Waals surface area (Å²) in [6, 6.07) is 6.50. The first-order valence-electron chi connectivity index (χ1n) is 9.47. The van der Waals surface area contributed by atoms with Crippen molar-refractivity contribution >= 4 is 17.6 Å². The number of nitrogens with one attached hydrogen (secondary N) is 2. The van der Waals surface area contributed by atoms with Crippen LogP contribution in [-0.2, 0) is 9.59 Å². The van der Waals surface area contributed by atoms with Gasteiger partial charge >= 0.3 is 5.97 Å². The molecule has 0 unspecified atom stereocenters. The van der Waals surface area contributed by atoms with Gasteiger partial charge in [-0.1, -0.05) is 18.2 Å².